The quantitative estimate of drug-likeness (QED) is 0.452. The Labute approximate surface area is 197 Å². The van der Waals surface area contributed by atoms with Gasteiger partial charge in [-0.05, 0) is 65.9 Å². The van der Waals surface area contributed by atoms with Gasteiger partial charge in [-0.15, -0.1) is 0 Å². The predicted octanol–water partition coefficient (Wildman–Crippen LogP) is 4.23. The molecule has 3 aromatic rings. The molecular formula is C25H30BrN3O3. The minimum atomic E-state index is -0.390. The molecule has 7 heteroatoms. The second-order valence-electron chi connectivity index (χ2n) is 8.23. The van der Waals surface area contributed by atoms with Crippen LogP contribution in [-0.4, -0.2) is 35.0 Å². The number of nitrogens with two attached hydrogens (primary N) is 1. The number of hydrogen-bond acceptors (Lipinski definition) is 4. The zero-order valence-electron chi connectivity index (χ0n) is 18.6. The summed E-state index contributed by atoms with van der Waals surface area (Å²) in [7, 11) is 0. The Balaban J connectivity index is 1.76. The molecule has 1 heterocycles. The Bertz CT molecular complexity index is 1070. The predicted molar refractivity (Wildman–Crippen MR) is 130 cm³/mol. The molecule has 6 nitrogen and oxygen atoms in total. The number of carbonyl (C=O) groups is 1. The van der Waals surface area contributed by atoms with Crippen molar-refractivity contribution in [2.75, 3.05) is 19.6 Å². The fourth-order valence-electron chi connectivity index (χ4n) is 3.73. The van der Waals surface area contributed by atoms with Gasteiger partial charge in [0.1, 0.15) is 0 Å². The molecule has 0 spiro atoms. The number of aryl methyl sites for hydroxylation is 1. The van der Waals surface area contributed by atoms with Crippen molar-refractivity contribution >= 4 is 21.8 Å². The van der Waals surface area contributed by atoms with Crippen LogP contribution in [0.5, 0.6) is 0 Å². The van der Waals surface area contributed by atoms with Crippen molar-refractivity contribution in [2.45, 2.75) is 33.2 Å². The number of halogens is 1. The lowest BCUT2D eigenvalue weighted by atomic mass is 10.0. The number of nitrogens with zero attached hydrogens (tertiary/aromatic N) is 2. The number of benzene rings is 2. The minimum Gasteiger partial charge on any atom is -0.400 e. The molecule has 1 aromatic heterocycles. The van der Waals surface area contributed by atoms with Crippen molar-refractivity contribution in [3.8, 4) is 0 Å². The average molecular weight is 500 g/mol. The monoisotopic (exact) mass is 499 g/mol. The molecule has 32 heavy (non-hydrogen) atoms. The fourth-order valence-corrected chi connectivity index (χ4v) is 4.25. The number of aromatic nitrogens is 1. The van der Waals surface area contributed by atoms with Crippen molar-refractivity contribution in [1.29, 1.82) is 0 Å². The molecule has 1 atom stereocenters. The van der Waals surface area contributed by atoms with E-state index in [2.05, 4.69) is 22.9 Å². The molecule has 0 bridgehead atoms. The summed E-state index contributed by atoms with van der Waals surface area (Å²) in [6.07, 6.45) is 1.33. The second kappa shape index (κ2) is 11.3. The molecule has 2 N–H and O–H groups in total. The first-order valence-electron chi connectivity index (χ1n) is 10.9. The molecule has 0 radical (unpaired) electrons. The first kappa shape index (κ1) is 24.0. The topological polar surface area (TPSA) is 81.5 Å². The van der Waals surface area contributed by atoms with E-state index in [-0.39, 0.29) is 11.8 Å². The SMILES string of the molecule is Cc1ccc(C(=O)N(CCCN)CC(C)Cc2c(Br)oc(=O)n2Cc2ccccc2)cc1. The van der Waals surface area contributed by atoms with Crippen LogP contribution in [0.15, 0.2) is 68.5 Å². The lowest BCUT2D eigenvalue weighted by Crippen LogP contribution is -2.37. The van der Waals surface area contributed by atoms with Gasteiger partial charge in [0.25, 0.3) is 5.91 Å². The molecule has 2 aromatic carbocycles. The number of rotatable bonds is 10. The maximum Gasteiger partial charge on any atom is 0.420 e. The minimum absolute atomic E-state index is 0.00163. The largest absolute Gasteiger partial charge is 0.420 e. The first-order chi connectivity index (χ1) is 15.4. The van der Waals surface area contributed by atoms with Crippen LogP contribution >= 0.6 is 15.9 Å². The third-order valence-corrected chi connectivity index (χ3v) is 6.04. The van der Waals surface area contributed by atoms with E-state index in [4.69, 9.17) is 10.2 Å². The molecule has 170 valence electrons. The van der Waals surface area contributed by atoms with Crippen LogP contribution in [0.25, 0.3) is 0 Å². The maximum atomic E-state index is 13.1. The van der Waals surface area contributed by atoms with Crippen LogP contribution in [0.4, 0.5) is 0 Å². The summed E-state index contributed by atoms with van der Waals surface area (Å²) in [5.74, 6) is -0.283. The Morgan fingerprint density at radius 3 is 2.50 bits per heavy atom. The number of amides is 1. The normalized spacial score (nSPS) is 12.0. The lowest BCUT2D eigenvalue weighted by molar-refractivity contribution is 0.0730. The number of oxazole rings is 1. The zero-order chi connectivity index (χ0) is 23.1. The molecule has 0 saturated carbocycles. The molecule has 0 aliphatic carbocycles. The number of hydrogen-bond donors (Lipinski definition) is 1. The third kappa shape index (κ3) is 6.20. The molecule has 1 amide bonds. The highest BCUT2D eigenvalue weighted by atomic mass is 79.9. The standard InChI is InChI=1S/C25H30BrN3O3/c1-18-9-11-21(12-10-18)24(30)28(14-6-13-27)16-19(2)15-22-23(26)32-25(31)29(22)17-20-7-4-3-5-8-20/h3-5,7-12,19H,6,13-17,27H2,1-2H3. The van der Waals surface area contributed by atoms with E-state index in [1.54, 1.807) is 4.57 Å². The summed E-state index contributed by atoms with van der Waals surface area (Å²) in [5.41, 5.74) is 9.32. The van der Waals surface area contributed by atoms with Crippen molar-refractivity contribution in [1.82, 2.24) is 9.47 Å². The maximum absolute atomic E-state index is 13.1. The third-order valence-electron chi connectivity index (χ3n) is 5.43. The summed E-state index contributed by atoms with van der Waals surface area (Å²) in [5, 5.41) is 0. The van der Waals surface area contributed by atoms with Gasteiger partial charge in [-0.25, -0.2) is 4.79 Å². The summed E-state index contributed by atoms with van der Waals surface area (Å²) < 4.78 is 7.45. The molecule has 0 aliphatic rings. The van der Waals surface area contributed by atoms with Gasteiger partial charge in [-0.1, -0.05) is 55.0 Å². The summed E-state index contributed by atoms with van der Waals surface area (Å²) in [6, 6.07) is 17.4. The average Bonchev–Trinajstić information content (AvgIpc) is 3.04. The van der Waals surface area contributed by atoms with Crippen LogP contribution in [-0.2, 0) is 13.0 Å². The van der Waals surface area contributed by atoms with Gasteiger partial charge in [-0.2, -0.15) is 0 Å². The highest BCUT2D eigenvalue weighted by molar-refractivity contribution is 9.10. The van der Waals surface area contributed by atoms with Crippen LogP contribution in [0.1, 0.15) is 40.5 Å². The molecule has 1 unspecified atom stereocenters. The molecule has 0 saturated heterocycles. The second-order valence-corrected chi connectivity index (χ2v) is 8.95. The van der Waals surface area contributed by atoms with Gasteiger partial charge >= 0.3 is 5.76 Å². The van der Waals surface area contributed by atoms with Gasteiger partial charge < -0.3 is 15.1 Å². The van der Waals surface area contributed by atoms with Crippen LogP contribution in [0.3, 0.4) is 0 Å². The van der Waals surface area contributed by atoms with E-state index < -0.39 is 5.76 Å². The Kier molecular flexibility index (Phi) is 8.47. The van der Waals surface area contributed by atoms with E-state index in [1.165, 1.54) is 0 Å². The summed E-state index contributed by atoms with van der Waals surface area (Å²) in [4.78, 5) is 27.4. The van der Waals surface area contributed by atoms with Crippen LogP contribution in [0, 0.1) is 12.8 Å². The van der Waals surface area contributed by atoms with Gasteiger partial charge in [0.15, 0.2) is 4.67 Å². The fraction of sp³-hybridized carbons (Fsp3) is 0.360. The van der Waals surface area contributed by atoms with Gasteiger partial charge in [0, 0.05) is 18.7 Å². The summed E-state index contributed by atoms with van der Waals surface area (Å²) >= 11 is 3.41. The Morgan fingerprint density at radius 1 is 1.16 bits per heavy atom. The van der Waals surface area contributed by atoms with Crippen molar-refractivity contribution in [2.24, 2.45) is 11.7 Å². The van der Waals surface area contributed by atoms with E-state index in [1.807, 2.05) is 66.4 Å². The van der Waals surface area contributed by atoms with Crippen molar-refractivity contribution < 1.29 is 9.21 Å². The van der Waals surface area contributed by atoms with Gasteiger partial charge in [0.2, 0.25) is 0 Å². The van der Waals surface area contributed by atoms with E-state index in [9.17, 15) is 9.59 Å². The smallest absolute Gasteiger partial charge is 0.400 e. The van der Waals surface area contributed by atoms with Crippen molar-refractivity contribution in [3.05, 3.63) is 92.2 Å². The van der Waals surface area contributed by atoms with Crippen LogP contribution in [0.2, 0.25) is 0 Å². The van der Waals surface area contributed by atoms with E-state index in [0.29, 0.717) is 42.8 Å². The number of carbonyl (C=O) groups excluding carboxylic acids is 1. The Hall–Kier alpha value is -2.64. The lowest BCUT2D eigenvalue weighted by Gasteiger charge is -2.26. The molecule has 0 fully saturated rings. The zero-order valence-corrected chi connectivity index (χ0v) is 20.2. The molecule has 0 aliphatic heterocycles. The molecular weight excluding hydrogens is 470 g/mol. The first-order valence-corrected chi connectivity index (χ1v) is 11.7. The van der Waals surface area contributed by atoms with Crippen molar-refractivity contribution in [3.63, 3.8) is 0 Å². The highest BCUT2D eigenvalue weighted by Crippen LogP contribution is 2.21. The van der Waals surface area contributed by atoms with E-state index >= 15 is 0 Å². The van der Waals surface area contributed by atoms with Crippen LogP contribution < -0.4 is 11.5 Å². The van der Waals surface area contributed by atoms with E-state index in [0.717, 1.165) is 23.2 Å². The van der Waals surface area contributed by atoms with Gasteiger partial charge in [-0.3, -0.25) is 9.36 Å². The Morgan fingerprint density at radius 2 is 1.84 bits per heavy atom. The summed E-state index contributed by atoms with van der Waals surface area (Å²) in [6.45, 7) is 6.20. The van der Waals surface area contributed by atoms with Gasteiger partial charge in [0.05, 0.1) is 12.2 Å². The molecule has 3 rings (SSSR count). The highest BCUT2D eigenvalue weighted by Gasteiger charge is 2.22.